The fourth-order valence-corrected chi connectivity index (χ4v) is 2.21. The second kappa shape index (κ2) is 4.77. The van der Waals surface area contributed by atoms with Crippen LogP contribution in [0.5, 0.6) is 0 Å². The van der Waals surface area contributed by atoms with Gasteiger partial charge in [-0.15, -0.1) is 11.3 Å². The molecule has 1 heterocycles. The Bertz CT molecular complexity index is 436. The lowest BCUT2D eigenvalue weighted by Crippen LogP contribution is -1.98. The van der Waals surface area contributed by atoms with E-state index in [0.29, 0.717) is 0 Å². The Labute approximate surface area is 101 Å². The van der Waals surface area contributed by atoms with Crippen LogP contribution >= 0.6 is 27.3 Å². The molecule has 1 N–H and O–H groups in total. The van der Waals surface area contributed by atoms with Crippen molar-refractivity contribution in [2.24, 2.45) is 0 Å². The van der Waals surface area contributed by atoms with Gasteiger partial charge in [0.15, 0.2) is 0 Å². The Balaban J connectivity index is 1.96. The zero-order valence-electron chi connectivity index (χ0n) is 8.33. The predicted molar refractivity (Wildman–Crippen MR) is 68.3 cm³/mol. The summed E-state index contributed by atoms with van der Waals surface area (Å²) in [5.74, 6) is 0. The van der Waals surface area contributed by atoms with E-state index in [1.54, 1.807) is 11.3 Å². The smallest absolute Gasteiger partial charge is 0.112 e. The van der Waals surface area contributed by atoms with E-state index in [1.165, 1.54) is 0 Å². The van der Waals surface area contributed by atoms with E-state index in [-0.39, 0.29) is 0 Å². The number of thiazole rings is 1. The van der Waals surface area contributed by atoms with Crippen molar-refractivity contribution >= 4 is 33.0 Å². The van der Waals surface area contributed by atoms with Crippen LogP contribution in [0.25, 0.3) is 0 Å². The van der Waals surface area contributed by atoms with Crippen molar-refractivity contribution in [3.05, 3.63) is 44.8 Å². The van der Waals surface area contributed by atoms with Crippen LogP contribution < -0.4 is 5.32 Å². The summed E-state index contributed by atoms with van der Waals surface area (Å²) in [5.41, 5.74) is 2.21. The monoisotopic (exact) mass is 282 g/mol. The second-order valence-electron chi connectivity index (χ2n) is 3.24. The fourth-order valence-electron chi connectivity index (χ4n) is 1.23. The third-order valence-corrected chi connectivity index (χ3v) is 3.45. The topological polar surface area (TPSA) is 24.9 Å². The summed E-state index contributed by atoms with van der Waals surface area (Å²) in [5, 5.41) is 6.52. The quantitative estimate of drug-likeness (QED) is 0.926. The van der Waals surface area contributed by atoms with Gasteiger partial charge in [-0.25, -0.2) is 4.98 Å². The average Bonchev–Trinajstić information content (AvgIpc) is 2.64. The second-order valence-corrected chi connectivity index (χ2v) is 5.10. The number of hydrogen-bond donors (Lipinski definition) is 1. The van der Waals surface area contributed by atoms with Crippen molar-refractivity contribution in [3.8, 4) is 0 Å². The minimum Gasteiger partial charge on any atom is -0.379 e. The van der Waals surface area contributed by atoms with Crippen LogP contribution in [-0.2, 0) is 6.54 Å². The largest absolute Gasteiger partial charge is 0.379 e. The molecular weight excluding hydrogens is 272 g/mol. The van der Waals surface area contributed by atoms with Gasteiger partial charge in [0.1, 0.15) is 5.01 Å². The third-order valence-electron chi connectivity index (χ3n) is 1.95. The number of aryl methyl sites for hydroxylation is 1. The number of hydrogen-bond acceptors (Lipinski definition) is 3. The van der Waals surface area contributed by atoms with Gasteiger partial charge in [-0.3, -0.25) is 0 Å². The first kappa shape index (κ1) is 10.6. The molecule has 0 radical (unpaired) electrons. The molecular formula is C11H11BrN2S. The molecule has 0 amide bonds. The van der Waals surface area contributed by atoms with Crippen molar-refractivity contribution in [1.29, 1.82) is 0 Å². The molecule has 1 aromatic carbocycles. The zero-order chi connectivity index (χ0) is 10.7. The van der Waals surface area contributed by atoms with Gasteiger partial charge >= 0.3 is 0 Å². The number of aromatic nitrogens is 1. The van der Waals surface area contributed by atoms with Crippen molar-refractivity contribution in [2.75, 3.05) is 5.32 Å². The minimum absolute atomic E-state index is 0.792. The lowest BCUT2D eigenvalue weighted by molar-refractivity contribution is 1.08. The summed E-state index contributed by atoms with van der Waals surface area (Å²) < 4.78 is 1.10. The molecule has 0 bridgehead atoms. The molecule has 0 saturated carbocycles. The van der Waals surface area contributed by atoms with Crippen molar-refractivity contribution < 1.29 is 0 Å². The first-order valence-electron chi connectivity index (χ1n) is 4.64. The molecule has 0 aliphatic carbocycles. The van der Waals surface area contributed by atoms with Crippen LogP contribution in [0.15, 0.2) is 34.1 Å². The van der Waals surface area contributed by atoms with Gasteiger partial charge < -0.3 is 5.32 Å². The first-order valence-corrected chi connectivity index (χ1v) is 6.32. The maximum Gasteiger partial charge on any atom is 0.112 e. The van der Waals surface area contributed by atoms with Crippen molar-refractivity contribution in [3.63, 3.8) is 0 Å². The van der Waals surface area contributed by atoms with E-state index in [2.05, 4.69) is 31.6 Å². The molecule has 0 fully saturated rings. The Morgan fingerprint density at radius 1 is 1.33 bits per heavy atom. The Morgan fingerprint density at radius 3 is 2.67 bits per heavy atom. The van der Waals surface area contributed by atoms with Gasteiger partial charge in [-0.1, -0.05) is 15.9 Å². The molecule has 0 atom stereocenters. The number of rotatable bonds is 3. The molecule has 15 heavy (non-hydrogen) atoms. The maximum absolute atomic E-state index is 4.39. The molecule has 1 aromatic heterocycles. The lowest BCUT2D eigenvalue weighted by atomic mass is 10.3. The fraction of sp³-hybridized carbons (Fsp3) is 0.182. The molecule has 0 unspecified atom stereocenters. The van der Waals surface area contributed by atoms with E-state index in [9.17, 15) is 0 Å². The van der Waals surface area contributed by atoms with Gasteiger partial charge in [0.2, 0.25) is 0 Å². The van der Waals surface area contributed by atoms with Gasteiger partial charge in [-0.05, 0) is 31.2 Å². The first-order chi connectivity index (χ1) is 7.24. The van der Waals surface area contributed by atoms with Crippen LogP contribution in [0.2, 0.25) is 0 Å². The normalized spacial score (nSPS) is 10.3. The Kier molecular flexibility index (Phi) is 3.38. The highest BCUT2D eigenvalue weighted by atomic mass is 79.9. The average molecular weight is 283 g/mol. The highest BCUT2D eigenvalue weighted by Gasteiger charge is 1.98. The summed E-state index contributed by atoms with van der Waals surface area (Å²) >= 11 is 5.10. The molecule has 2 nitrogen and oxygen atoms in total. The summed E-state index contributed by atoms with van der Waals surface area (Å²) in [6.45, 7) is 2.81. The number of halogens is 1. The number of anilines is 1. The molecule has 2 aromatic rings. The molecule has 0 saturated heterocycles. The van der Waals surface area contributed by atoms with E-state index in [4.69, 9.17) is 0 Å². The van der Waals surface area contributed by atoms with Gasteiger partial charge in [0, 0.05) is 21.2 Å². The predicted octanol–water partition coefficient (Wildman–Crippen LogP) is 3.83. The summed E-state index contributed by atoms with van der Waals surface area (Å²) in [4.78, 5) is 4.39. The molecule has 0 spiro atoms. The number of nitrogens with one attached hydrogen (secondary N) is 1. The van der Waals surface area contributed by atoms with E-state index >= 15 is 0 Å². The van der Waals surface area contributed by atoms with Gasteiger partial charge in [-0.2, -0.15) is 0 Å². The molecule has 4 heteroatoms. The van der Waals surface area contributed by atoms with E-state index < -0.39 is 0 Å². The standard InChI is InChI=1S/C11H11BrN2S/c1-8-7-15-11(14-8)6-13-10-4-2-9(12)3-5-10/h2-5,7,13H,6H2,1H3. The van der Waals surface area contributed by atoms with Gasteiger partial charge in [0.05, 0.1) is 6.54 Å². The summed E-state index contributed by atoms with van der Waals surface area (Å²) in [6, 6.07) is 8.14. The molecule has 78 valence electrons. The molecule has 2 rings (SSSR count). The highest BCUT2D eigenvalue weighted by Crippen LogP contribution is 2.16. The summed E-state index contributed by atoms with van der Waals surface area (Å²) in [6.07, 6.45) is 0. The van der Waals surface area contributed by atoms with Crippen LogP contribution in [0.1, 0.15) is 10.7 Å². The van der Waals surface area contributed by atoms with Crippen molar-refractivity contribution in [2.45, 2.75) is 13.5 Å². The van der Waals surface area contributed by atoms with E-state index in [1.807, 2.05) is 31.2 Å². The zero-order valence-corrected chi connectivity index (χ0v) is 10.7. The van der Waals surface area contributed by atoms with Crippen LogP contribution in [0.4, 0.5) is 5.69 Å². The molecule has 0 aliphatic heterocycles. The highest BCUT2D eigenvalue weighted by molar-refractivity contribution is 9.10. The lowest BCUT2D eigenvalue weighted by Gasteiger charge is -2.03. The third kappa shape index (κ3) is 3.04. The van der Waals surface area contributed by atoms with Crippen LogP contribution in [0.3, 0.4) is 0 Å². The number of nitrogens with zero attached hydrogens (tertiary/aromatic N) is 1. The number of benzene rings is 1. The summed E-state index contributed by atoms with van der Waals surface area (Å²) in [7, 11) is 0. The SMILES string of the molecule is Cc1csc(CNc2ccc(Br)cc2)n1. The van der Waals surface area contributed by atoms with E-state index in [0.717, 1.165) is 27.4 Å². The Hall–Kier alpha value is -0.870. The maximum atomic E-state index is 4.39. The molecule has 0 aliphatic rings. The Morgan fingerprint density at radius 2 is 2.07 bits per heavy atom. The van der Waals surface area contributed by atoms with Crippen LogP contribution in [0, 0.1) is 6.92 Å². The minimum atomic E-state index is 0.792. The van der Waals surface area contributed by atoms with Gasteiger partial charge in [0.25, 0.3) is 0 Å². The van der Waals surface area contributed by atoms with Crippen molar-refractivity contribution in [1.82, 2.24) is 4.98 Å². The van der Waals surface area contributed by atoms with Crippen LogP contribution in [-0.4, -0.2) is 4.98 Å².